The minimum absolute atomic E-state index is 0.0113. The maximum Gasteiger partial charge on any atom is 0.181 e. The van der Waals surface area contributed by atoms with E-state index in [0.717, 1.165) is 12.1 Å². The number of nitriles is 1. The van der Waals surface area contributed by atoms with Gasteiger partial charge in [-0.2, -0.15) is 5.26 Å². The lowest BCUT2D eigenvalue weighted by Gasteiger charge is -2.08. The highest BCUT2D eigenvalue weighted by Gasteiger charge is 2.07. The highest BCUT2D eigenvalue weighted by Crippen LogP contribution is 2.18. The highest BCUT2D eigenvalue weighted by molar-refractivity contribution is 5.46. The number of rotatable bonds is 3. The van der Waals surface area contributed by atoms with Gasteiger partial charge in [0, 0.05) is 6.54 Å². The Morgan fingerprint density at radius 1 is 1.11 bits per heavy atom. The molecule has 96 valence electrons. The number of benzene rings is 2. The van der Waals surface area contributed by atoms with Crippen molar-refractivity contribution in [2.24, 2.45) is 0 Å². The summed E-state index contributed by atoms with van der Waals surface area (Å²) < 4.78 is 39.5. The number of hydrogen-bond acceptors (Lipinski definition) is 2. The molecule has 0 aromatic heterocycles. The predicted octanol–water partition coefficient (Wildman–Crippen LogP) is 3.59. The van der Waals surface area contributed by atoms with Gasteiger partial charge < -0.3 is 5.32 Å². The number of anilines is 1. The molecule has 0 aliphatic heterocycles. The van der Waals surface area contributed by atoms with Crippen LogP contribution in [0, 0.1) is 28.8 Å². The first-order valence-electron chi connectivity index (χ1n) is 5.47. The molecule has 0 atom stereocenters. The normalized spacial score (nSPS) is 10.0. The van der Waals surface area contributed by atoms with Gasteiger partial charge in [0.1, 0.15) is 5.82 Å². The molecule has 0 fully saturated rings. The Kier molecular flexibility index (Phi) is 3.71. The summed E-state index contributed by atoms with van der Waals surface area (Å²) in [6, 6.07) is 9.39. The smallest absolute Gasteiger partial charge is 0.181 e. The van der Waals surface area contributed by atoms with Crippen LogP contribution in [-0.4, -0.2) is 0 Å². The van der Waals surface area contributed by atoms with E-state index in [1.54, 1.807) is 0 Å². The standard InChI is InChI=1S/C14H9F3N2/c15-11-5-9(7-18)4-10(6-11)8-19-13-3-1-2-12(16)14(13)17/h1-6,19H,8H2. The second-order valence-electron chi connectivity index (χ2n) is 3.91. The number of nitrogens with one attached hydrogen (secondary N) is 1. The van der Waals surface area contributed by atoms with Crippen molar-refractivity contribution >= 4 is 5.69 Å². The molecule has 0 amide bonds. The average Bonchev–Trinajstić information content (AvgIpc) is 2.40. The van der Waals surface area contributed by atoms with Crippen LogP contribution in [0.15, 0.2) is 36.4 Å². The molecule has 0 saturated carbocycles. The molecule has 0 spiro atoms. The van der Waals surface area contributed by atoms with Crippen molar-refractivity contribution in [1.82, 2.24) is 0 Å². The van der Waals surface area contributed by atoms with Crippen molar-refractivity contribution < 1.29 is 13.2 Å². The molecule has 0 bridgehead atoms. The topological polar surface area (TPSA) is 35.8 Å². The molecule has 0 heterocycles. The lowest BCUT2D eigenvalue weighted by molar-refractivity contribution is 0.511. The van der Waals surface area contributed by atoms with Gasteiger partial charge in [-0.3, -0.25) is 0 Å². The molecule has 2 rings (SSSR count). The minimum Gasteiger partial charge on any atom is -0.379 e. The summed E-state index contributed by atoms with van der Waals surface area (Å²) >= 11 is 0. The van der Waals surface area contributed by atoms with Gasteiger partial charge in [-0.15, -0.1) is 0 Å². The van der Waals surface area contributed by atoms with Gasteiger partial charge in [0.15, 0.2) is 11.6 Å². The van der Waals surface area contributed by atoms with Gasteiger partial charge in [-0.25, -0.2) is 13.2 Å². The van der Waals surface area contributed by atoms with Crippen LogP contribution < -0.4 is 5.32 Å². The quantitative estimate of drug-likeness (QED) is 0.917. The van der Waals surface area contributed by atoms with Crippen molar-refractivity contribution in [1.29, 1.82) is 5.26 Å². The molecule has 19 heavy (non-hydrogen) atoms. The highest BCUT2D eigenvalue weighted by atomic mass is 19.2. The molecular formula is C14H9F3N2. The van der Waals surface area contributed by atoms with Gasteiger partial charge in [-0.05, 0) is 35.9 Å². The molecule has 5 heteroatoms. The second kappa shape index (κ2) is 5.44. The molecule has 2 nitrogen and oxygen atoms in total. The van der Waals surface area contributed by atoms with Crippen molar-refractivity contribution in [2.45, 2.75) is 6.54 Å². The van der Waals surface area contributed by atoms with Crippen molar-refractivity contribution in [3.8, 4) is 6.07 Å². The Hall–Kier alpha value is -2.48. The monoisotopic (exact) mass is 262 g/mol. The van der Waals surface area contributed by atoms with E-state index < -0.39 is 17.5 Å². The number of halogens is 3. The van der Waals surface area contributed by atoms with Gasteiger partial charge in [0.05, 0.1) is 17.3 Å². The Labute approximate surface area is 108 Å². The van der Waals surface area contributed by atoms with E-state index in [2.05, 4.69) is 5.32 Å². The fourth-order valence-corrected chi connectivity index (χ4v) is 1.65. The predicted molar refractivity (Wildman–Crippen MR) is 64.8 cm³/mol. The average molecular weight is 262 g/mol. The Balaban J connectivity index is 2.17. The molecule has 2 aromatic carbocycles. The van der Waals surface area contributed by atoms with Crippen LogP contribution in [0.5, 0.6) is 0 Å². The van der Waals surface area contributed by atoms with Crippen LogP contribution in [0.1, 0.15) is 11.1 Å². The van der Waals surface area contributed by atoms with Crippen LogP contribution in [0.2, 0.25) is 0 Å². The van der Waals surface area contributed by atoms with Crippen LogP contribution in [-0.2, 0) is 6.54 Å². The summed E-state index contributed by atoms with van der Waals surface area (Å²) in [7, 11) is 0. The van der Waals surface area contributed by atoms with Crippen molar-refractivity contribution in [2.75, 3.05) is 5.32 Å². The lowest BCUT2D eigenvalue weighted by Crippen LogP contribution is -2.03. The van der Waals surface area contributed by atoms with Gasteiger partial charge in [0.2, 0.25) is 0 Å². The third-order valence-corrected chi connectivity index (χ3v) is 2.52. The van der Waals surface area contributed by atoms with Crippen LogP contribution in [0.3, 0.4) is 0 Å². The molecule has 0 aliphatic rings. The summed E-state index contributed by atoms with van der Waals surface area (Å²) in [6.45, 7) is 0.0901. The van der Waals surface area contributed by atoms with E-state index in [1.165, 1.54) is 24.3 Å². The summed E-state index contributed by atoms with van der Waals surface area (Å²) in [5.41, 5.74) is 0.638. The van der Waals surface area contributed by atoms with E-state index in [0.29, 0.717) is 5.56 Å². The van der Waals surface area contributed by atoms with E-state index in [4.69, 9.17) is 5.26 Å². The summed E-state index contributed by atoms with van der Waals surface area (Å²) in [5.74, 6) is -2.49. The van der Waals surface area contributed by atoms with Gasteiger partial charge >= 0.3 is 0 Å². The molecule has 1 N–H and O–H groups in total. The minimum atomic E-state index is -0.987. The molecule has 0 saturated heterocycles. The van der Waals surface area contributed by atoms with Crippen LogP contribution >= 0.6 is 0 Å². The Morgan fingerprint density at radius 2 is 1.89 bits per heavy atom. The third kappa shape index (κ3) is 3.05. The van der Waals surface area contributed by atoms with Crippen LogP contribution in [0.25, 0.3) is 0 Å². The fourth-order valence-electron chi connectivity index (χ4n) is 1.65. The molecular weight excluding hydrogens is 253 g/mol. The van der Waals surface area contributed by atoms with Crippen molar-refractivity contribution in [3.63, 3.8) is 0 Å². The zero-order valence-electron chi connectivity index (χ0n) is 9.75. The molecule has 2 aromatic rings. The summed E-state index contributed by atoms with van der Waals surface area (Å²) in [6.07, 6.45) is 0. The van der Waals surface area contributed by atoms with Crippen LogP contribution in [0.4, 0.5) is 18.9 Å². The SMILES string of the molecule is N#Cc1cc(F)cc(CNc2cccc(F)c2F)c1. The zero-order chi connectivity index (χ0) is 13.8. The third-order valence-electron chi connectivity index (χ3n) is 2.52. The number of nitrogens with zero attached hydrogens (tertiary/aromatic N) is 1. The fraction of sp³-hybridized carbons (Fsp3) is 0.0714. The maximum absolute atomic E-state index is 13.4. The van der Waals surface area contributed by atoms with Gasteiger partial charge in [-0.1, -0.05) is 6.07 Å². The molecule has 0 aliphatic carbocycles. The summed E-state index contributed by atoms with van der Waals surface area (Å²) in [4.78, 5) is 0. The first kappa shape index (κ1) is 13.0. The van der Waals surface area contributed by atoms with E-state index in [-0.39, 0.29) is 17.8 Å². The Morgan fingerprint density at radius 3 is 2.63 bits per heavy atom. The van der Waals surface area contributed by atoms with E-state index in [1.807, 2.05) is 6.07 Å². The number of hydrogen-bond donors (Lipinski definition) is 1. The lowest BCUT2D eigenvalue weighted by atomic mass is 10.1. The van der Waals surface area contributed by atoms with Gasteiger partial charge in [0.25, 0.3) is 0 Å². The molecule has 0 unspecified atom stereocenters. The maximum atomic E-state index is 13.4. The Bertz CT molecular complexity index is 648. The molecule has 0 radical (unpaired) electrons. The van der Waals surface area contributed by atoms with E-state index >= 15 is 0 Å². The first-order valence-corrected chi connectivity index (χ1v) is 5.47. The van der Waals surface area contributed by atoms with Crippen molar-refractivity contribution in [3.05, 3.63) is 65.0 Å². The largest absolute Gasteiger partial charge is 0.379 e. The first-order chi connectivity index (χ1) is 9.10. The summed E-state index contributed by atoms with van der Waals surface area (Å²) in [5, 5.41) is 11.4. The zero-order valence-corrected chi connectivity index (χ0v) is 9.75. The second-order valence-corrected chi connectivity index (χ2v) is 3.91. The van der Waals surface area contributed by atoms with E-state index in [9.17, 15) is 13.2 Å².